The monoisotopic (exact) mass is 313 g/mol. The molecule has 0 aliphatic carbocycles. The van der Waals surface area contributed by atoms with E-state index in [1.165, 1.54) is 22.6 Å². The Kier molecular flexibility index (Phi) is 4.23. The fraction of sp³-hybridized carbons (Fsp3) is 0.176. The Morgan fingerprint density at radius 2 is 2.04 bits per heavy atom. The minimum atomic E-state index is -0.299. The molecule has 0 aliphatic rings. The summed E-state index contributed by atoms with van der Waals surface area (Å²) in [6.45, 7) is 2.76. The first-order valence-electron chi connectivity index (χ1n) is 7.25. The van der Waals surface area contributed by atoms with Crippen LogP contribution in [0.4, 0.5) is 10.2 Å². The number of fused-ring (bicyclic) bond motifs is 1. The van der Waals surface area contributed by atoms with Gasteiger partial charge in [-0.3, -0.25) is 9.20 Å². The second-order valence-corrected chi connectivity index (χ2v) is 5.09. The number of hydrogen-bond acceptors (Lipinski definition) is 4. The van der Waals surface area contributed by atoms with Crippen LogP contribution in [0.25, 0.3) is 5.65 Å². The van der Waals surface area contributed by atoms with Gasteiger partial charge in [0.25, 0.3) is 5.56 Å². The molecule has 6 heteroatoms. The average Bonchev–Trinajstić information content (AvgIpc) is 2.54. The van der Waals surface area contributed by atoms with Crippen molar-refractivity contribution in [3.05, 3.63) is 70.4 Å². The molecule has 5 nitrogen and oxygen atoms in total. The second-order valence-electron chi connectivity index (χ2n) is 5.09. The maximum atomic E-state index is 12.8. The highest BCUT2D eigenvalue weighted by atomic mass is 19.1. The fourth-order valence-corrected chi connectivity index (χ4v) is 2.23. The van der Waals surface area contributed by atoms with Crippen LogP contribution in [0.3, 0.4) is 0 Å². The molecule has 118 valence electrons. The summed E-state index contributed by atoms with van der Waals surface area (Å²) < 4.78 is 19.8. The van der Waals surface area contributed by atoms with Gasteiger partial charge < -0.3 is 10.1 Å². The van der Waals surface area contributed by atoms with Crippen LogP contribution in [0.2, 0.25) is 0 Å². The summed E-state index contributed by atoms with van der Waals surface area (Å²) in [6.07, 6.45) is 1.69. The van der Waals surface area contributed by atoms with E-state index in [1.54, 1.807) is 18.3 Å². The maximum absolute atomic E-state index is 12.8. The van der Waals surface area contributed by atoms with Gasteiger partial charge in [-0.15, -0.1) is 0 Å². The standard InChI is InChI=1S/C17H16FN3O2/c1-12-3-2-9-21-16(22)11-15(20-17(12)21)19-8-10-23-14-6-4-13(18)5-7-14/h2-7,9,11,19H,8,10H2,1H3. The summed E-state index contributed by atoms with van der Waals surface area (Å²) in [6, 6.07) is 11.0. The molecule has 2 heterocycles. The Hall–Kier alpha value is -2.89. The van der Waals surface area contributed by atoms with Crippen molar-refractivity contribution in [1.29, 1.82) is 0 Å². The minimum absolute atomic E-state index is 0.138. The quantitative estimate of drug-likeness (QED) is 0.736. The molecule has 0 amide bonds. The number of ether oxygens (including phenoxy) is 1. The Labute approximate surface area is 132 Å². The molecule has 0 radical (unpaired) electrons. The second kappa shape index (κ2) is 6.48. The third-order valence-corrected chi connectivity index (χ3v) is 3.38. The van der Waals surface area contributed by atoms with Gasteiger partial charge in [0, 0.05) is 12.3 Å². The summed E-state index contributed by atoms with van der Waals surface area (Å²) in [5, 5.41) is 3.06. The lowest BCUT2D eigenvalue weighted by atomic mass is 10.3. The number of rotatable bonds is 5. The number of aromatic nitrogens is 2. The van der Waals surface area contributed by atoms with Crippen LogP contribution in [0.15, 0.2) is 53.5 Å². The first-order valence-corrected chi connectivity index (χ1v) is 7.25. The highest BCUT2D eigenvalue weighted by Crippen LogP contribution is 2.11. The average molecular weight is 313 g/mol. The maximum Gasteiger partial charge on any atom is 0.259 e. The number of pyridine rings is 1. The van der Waals surface area contributed by atoms with E-state index in [1.807, 2.05) is 19.1 Å². The zero-order chi connectivity index (χ0) is 16.2. The van der Waals surface area contributed by atoms with E-state index in [-0.39, 0.29) is 11.4 Å². The molecule has 1 aromatic carbocycles. The van der Waals surface area contributed by atoms with Crippen LogP contribution >= 0.6 is 0 Å². The molecular weight excluding hydrogens is 297 g/mol. The summed E-state index contributed by atoms with van der Waals surface area (Å²) >= 11 is 0. The van der Waals surface area contributed by atoms with E-state index in [0.717, 1.165) is 5.56 Å². The van der Waals surface area contributed by atoms with Crippen LogP contribution in [-0.4, -0.2) is 22.5 Å². The Morgan fingerprint density at radius 1 is 1.26 bits per heavy atom. The molecule has 0 bridgehead atoms. The minimum Gasteiger partial charge on any atom is -0.492 e. The number of nitrogens with one attached hydrogen (secondary N) is 1. The van der Waals surface area contributed by atoms with E-state index in [4.69, 9.17) is 4.74 Å². The van der Waals surface area contributed by atoms with Crippen molar-refractivity contribution < 1.29 is 9.13 Å². The number of halogens is 1. The number of hydrogen-bond donors (Lipinski definition) is 1. The van der Waals surface area contributed by atoms with Crippen molar-refractivity contribution in [2.45, 2.75) is 6.92 Å². The number of nitrogens with zero attached hydrogens (tertiary/aromatic N) is 2. The molecule has 0 atom stereocenters. The topological polar surface area (TPSA) is 55.6 Å². The van der Waals surface area contributed by atoms with Gasteiger partial charge in [-0.25, -0.2) is 9.37 Å². The highest BCUT2D eigenvalue weighted by molar-refractivity contribution is 5.51. The zero-order valence-corrected chi connectivity index (χ0v) is 12.6. The van der Waals surface area contributed by atoms with Crippen molar-refractivity contribution in [2.75, 3.05) is 18.5 Å². The molecule has 3 rings (SSSR count). The van der Waals surface area contributed by atoms with Crippen LogP contribution in [0.5, 0.6) is 5.75 Å². The molecule has 0 aliphatic heterocycles. The molecule has 3 aromatic rings. The van der Waals surface area contributed by atoms with Gasteiger partial charge in [0.15, 0.2) is 0 Å². The first kappa shape index (κ1) is 15.0. The summed E-state index contributed by atoms with van der Waals surface area (Å²) in [7, 11) is 0. The Bertz CT molecular complexity index is 875. The van der Waals surface area contributed by atoms with Gasteiger partial charge >= 0.3 is 0 Å². The van der Waals surface area contributed by atoms with Crippen molar-refractivity contribution in [2.24, 2.45) is 0 Å². The van der Waals surface area contributed by atoms with Gasteiger partial charge in [-0.2, -0.15) is 0 Å². The number of benzene rings is 1. The van der Waals surface area contributed by atoms with Crippen LogP contribution < -0.4 is 15.6 Å². The van der Waals surface area contributed by atoms with Gasteiger partial charge in [0.1, 0.15) is 29.6 Å². The predicted molar refractivity (Wildman–Crippen MR) is 86.6 cm³/mol. The zero-order valence-electron chi connectivity index (χ0n) is 12.6. The molecule has 0 saturated heterocycles. The molecule has 0 fully saturated rings. The summed E-state index contributed by atoms with van der Waals surface area (Å²) in [5.74, 6) is 0.800. The molecule has 0 spiro atoms. The van der Waals surface area contributed by atoms with Crippen molar-refractivity contribution in [3.63, 3.8) is 0 Å². The van der Waals surface area contributed by atoms with E-state index in [9.17, 15) is 9.18 Å². The third kappa shape index (κ3) is 3.48. The fourth-order valence-electron chi connectivity index (χ4n) is 2.23. The van der Waals surface area contributed by atoms with Gasteiger partial charge in [0.2, 0.25) is 0 Å². The number of aryl methyl sites for hydroxylation is 1. The van der Waals surface area contributed by atoms with E-state index in [0.29, 0.717) is 30.4 Å². The van der Waals surface area contributed by atoms with E-state index < -0.39 is 0 Å². The van der Waals surface area contributed by atoms with Crippen LogP contribution in [0.1, 0.15) is 5.56 Å². The van der Waals surface area contributed by atoms with Crippen LogP contribution in [0, 0.1) is 12.7 Å². The molecule has 2 aromatic heterocycles. The third-order valence-electron chi connectivity index (χ3n) is 3.38. The molecule has 0 unspecified atom stereocenters. The van der Waals surface area contributed by atoms with Gasteiger partial charge in [-0.05, 0) is 42.8 Å². The Balaban J connectivity index is 1.64. The summed E-state index contributed by atoms with van der Waals surface area (Å²) in [5.41, 5.74) is 1.42. The highest BCUT2D eigenvalue weighted by Gasteiger charge is 2.04. The lowest BCUT2D eigenvalue weighted by Crippen LogP contribution is -2.18. The first-order chi connectivity index (χ1) is 11.1. The SMILES string of the molecule is Cc1cccn2c(=O)cc(NCCOc3ccc(F)cc3)nc12. The lowest BCUT2D eigenvalue weighted by molar-refractivity contribution is 0.332. The van der Waals surface area contributed by atoms with E-state index >= 15 is 0 Å². The smallest absolute Gasteiger partial charge is 0.259 e. The van der Waals surface area contributed by atoms with Crippen LogP contribution in [-0.2, 0) is 0 Å². The van der Waals surface area contributed by atoms with Crippen molar-refractivity contribution >= 4 is 11.5 Å². The molecule has 23 heavy (non-hydrogen) atoms. The Morgan fingerprint density at radius 3 is 2.83 bits per heavy atom. The number of anilines is 1. The van der Waals surface area contributed by atoms with Gasteiger partial charge in [0.05, 0.1) is 6.54 Å². The molecule has 1 N–H and O–H groups in total. The predicted octanol–water partition coefficient (Wildman–Crippen LogP) is 2.63. The molecular formula is C17H16FN3O2. The summed E-state index contributed by atoms with van der Waals surface area (Å²) in [4.78, 5) is 16.5. The molecule has 0 saturated carbocycles. The van der Waals surface area contributed by atoms with Gasteiger partial charge in [-0.1, -0.05) is 6.07 Å². The van der Waals surface area contributed by atoms with Crippen molar-refractivity contribution in [3.8, 4) is 5.75 Å². The van der Waals surface area contributed by atoms with Crippen molar-refractivity contribution in [1.82, 2.24) is 9.38 Å². The largest absolute Gasteiger partial charge is 0.492 e. The lowest BCUT2D eigenvalue weighted by Gasteiger charge is -2.09. The van der Waals surface area contributed by atoms with E-state index in [2.05, 4.69) is 10.3 Å². The normalized spacial score (nSPS) is 10.7.